The van der Waals surface area contributed by atoms with Gasteiger partial charge in [0.15, 0.2) is 0 Å². The van der Waals surface area contributed by atoms with Gasteiger partial charge in [0.25, 0.3) is 5.91 Å². The summed E-state index contributed by atoms with van der Waals surface area (Å²) in [5.74, 6) is 1.04. The molecular formula is C21H24N2O4. The molecule has 3 rings (SSSR count). The minimum Gasteiger partial charge on any atom is -0.465 e. The highest BCUT2D eigenvalue weighted by Gasteiger charge is 2.33. The van der Waals surface area contributed by atoms with Crippen molar-refractivity contribution in [2.45, 2.75) is 25.8 Å². The van der Waals surface area contributed by atoms with Crippen molar-refractivity contribution in [2.75, 3.05) is 19.6 Å². The fourth-order valence-electron chi connectivity index (χ4n) is 3.36. The van der Waals surface area contributed by atoms with Gasteiger partial charge in [-0.3, -0.25) is 4.79 Å². The van der Waals surface area contributed by atoms with Crippen LogP contribution >= 0.6 is 0 Å². The van der Waals surface area contributed by atoms with E-state index in [0.29, 0.717) is 43.1 Å². The highest BCUT2D eigenvalue weighted by molar-refractivity contribution is 5.97. The number of ether oxygens (including phenoxy) is 1. The molecule has 1 N–H and O–H groups in total. The van der Waals surface area contributed by atoms with Crippen LogP contribution in [0.1, 0.15) is 30.1 Å². The zero-order valence-corrected chi connectivity index (χ0v) is 15.4. The summed E-state index contributed by atoms with van der Waals surface area (Å²) in [6.45, 7) is 3.39. The number of amides is 2. The molecule has 0 aliphatic carbocycles. The first-order valence-corrected chi connectivity index (χ1v) is 9.21. The van der Waals surface area contributed by atoms with Gasteiger partial charge >= 0.3 is 6.09 Å². The van der Waals surface area contributed by atoms with Crippen LogP contribution in [0.2, 0.25) is 0 Å². The minimum absolute atomic E-state index is 0.113. The molecule has 2 amide bonds. The number of carboxylic acid groups (broad SMARTS) is 1. The van der Waals surface area contributed by atoms with Crippen molar-refractivity contribution in [1.82, 2.24) is 9.80 Å². The van der Waals surface area contributed by atoms with Crippen molar-refractivity contribution in [1.29, 1.82) is 0 Å². The van der Waals surface area contributed by atoms with Crippen molar-refractivity contribution in [3.63, 3.8) is 0 Å². The molecule has 1 atom stereocenters. The minimum atomic E-state index is -0.936. The predicted molar refractivity (Wildman–Crippen MR) is 102 cm³/mol. The maximum atomic E-state index is 13.3. The first-order valence-electron chi connectivity index (χ1n) is 9.21. The summed E-state index contributed by atoms with van der Waals surface area (Å²) in [6, 6.07) is 16.4. The third kappa shape index (κ3) is 4.39. The predicted octanol–water partition coefficient (Wildman–Crippen LogP) is 4.08. The molecule has 142 valence electrons. The molecule has 0 bridgehead atoms. The van der Waals surface area contributed by atoms with Crippen LogP contribution in [0.4, 0.5) is 4.79 Å². The van der Waals surface area contributed by atoms with Crippen LogP contribution < -0.4 is 4.74 Å². The lowest BCUT2D eigenvalue weighted by atomic mass is 10.1. The maximum absolute atomic E-state index is 13.3. The van der Waals surface area contributed by atoms with E-state index in [0.717, 1.165) is 6.42 Å². The fourth-order valence-corrected chi connectivity index (χ4v) is 3.36. The van der Waals surface area contributed by atoms with Gasteiger partial charge in [-0.05, 0) is 37.1 Å². The van der Waals surface area contributed by atoms with Crippen molar-refractivity contribution in [3.05, 3.63) is 60.2 Å². The van der Waals surface area contributed by atoms with E-state index in [4.69, 9.17) is 4.74 Å². The molecule has 0 radical (unpaired) electrons. The molecular weight excluding hydrogens is 344 g/mol. The number of hydrogen-bond donors (Lipinski definition) is 1. The monoisotopic (exact) mass is 368 g/mol. The third-order valence-electron chi connectivity index (χ3n) is 4.69. The van der Waals surface area contributed by atoms with Gasteiger partial charge in [0.2, 0.25) is 0 Å². The molecule has 0 spiro atoms. The Morgan fingerprint density at radius 3 is 2.52 bits per heavy atom. The lowest BCUT2D eigenvalue weighted by Crippen LogP contribution is -2.43. The molecule has 1 heterocycles. The first kappa shape index (κ1) is 18.8. The van der Waals surface area contributed by atoms with Crippen LogP contribution in [-0.4, -0.2) is 52.6 Å². The Kier molecular flexibility index (Phi) is 5.96. The second-order valence-corrected chi connectivity index (χ2v) is 6.58. The fraction of sp³-hybridized carbons (Fsp3) is 0.333. The number of carbonyl (C=O) groups excluding carboxylic acids is 1. The van der Waals surface area contributed by atoms with E-state index in [2.05, 4.69) is 0 Å². The topological polar surface area (TPSA) is 70.1 Å². The molecule has 6 nitrogen and oxygen atoms in total. The zero-order chi connectivity index (χ0) is 19.2. The largest absolute Gasteiger partial charge is 0.465 e. The number of likely N-dealkylation sites (tertiary alicyclic amines) is 1. The summed E-state index contributed by atoms with van der Waals surface area (Å²) < 4.78 is 5.93. The van der Waals surface area contributed by atoms with E-state index < -0.39 is 6.09 Å². The van der Waals surface area contributed by atoms with Gasteiger partial charge < -0.3 is 19.6 Å². The van der Waals surface area contributed by atoms with E-state index in [1.165, 1.54) is 4.90 Å². The molecule has 1 aliphatic rings. The Morgan fingerprint density at radius 2 is 1.85 bits per heavy atom. The number of para-hydroxylation sites is 2. The van der Waals surface area contributed by atoms with Crippen LogP contribution in [0.5, 0.6) is 11.5 Å². The average Bonchev–Trinajstić information content (AvgIpc) is 3.17. The zero-order valence-electron chi connectivity index (χ0n) is 15.4. The second-order valence-electron chi connectivity index (χ2n) is 6.58. The van der Waals surface area contributed by atoms with Crippen LogP contribution in [0.3, 0.4) is 0 Å². The van der Waals surface area contributed by atoms with E-state index in [1.54, 1.807) is 17.0 Å². The first-order chi connectivity index (χ1) is 13.1. The van der Waals surface area contributed by atoms with Gasteiger partial charge in [0, 0.05) is 19.6 Å². The Hall–Kier alpha value is -3.02. The summed E-state index contributed by atoms with van der Waals surface area (Å²) in [4.78, 5) is 27.7. The number of benzene rings is 2. The SMILES string of the molecule is CCCN(C(=O)c1ccccc1Oc1ccccc1)[C@H]1CCN(C(=O)O)C1. The molecule has 1 saturated heterocycles. The molecule has 1 fully saturated rings. The average molecular weight is 368 g/mol. The van der Waals surface area contributed by atoms with Gasteiger partial charge in [0.1, 0.15) is 11.5 Å². The highest BCUT2D eigenvalue weighted by Crippen LogP contribution is 2.28. The maximum Gasteiger partial charge on any atom is 0.407 e. The van der Waals surface area contributed by atoms with Crippen molar-refractivity contribution < 1.29 is 19.4 Å². The van der Waals surface area contributed by atoms with Crippen LogP contribution in [0.15, 0.2) is 54.6 Å². The molecule has 0 unspecified atom stereocenters. The van der Waals surface area contributed by atoms with Gasteiger partial charge in [-0.25, -0.2) is 4.79 Å². The lowest BCUT2D eigenvalue weighted by Gasteiger charge is -2.29. The summed E-state index contributed by atoms with van der Waals surface area (Å²) >= 11 is 0. The molecule has 1 aliphatic heterocycles. The molecule has 0 aromatic heterocycles. The van der Waals surface area contributed by atoms with Gasteiger partial charge in [0.05, 0.1) is 11.6 Å². The normalized spacial score (nSPS) is 16.2. The summed E-state index contributed by atoms with van der Waals surface area (Å²) in [5, 5.41) is 9.21. The van der Waals surface area contributed by atoms with Gasteiger partial charge in [-0.15, -0.1) is 0 Å². The Balaban J connectivity index is 1.83. The molecule has 0 saturated carbocycles. The van der Waals surface area contributed by atoms with Crippen molar-refractivity contribution >= 4 is 12.0 Å². The number of carbonyl (C=O) groups is 2. The van der Waals surface area contributed by atoms with E-state index in [-0.39, 0.29) is 11.9 Å². The van der Waals surface area contributed by atoms with Gasteiger partial charge in [-0.1, -0.05) is 37.3 Å². The molecule has 2 aromatic rings. The quantitative estimate of drug-likeness (QED) is 0.834. The number of nitrogens with zero attached hydrogens (tertiary/aromatic N) is 2. The second kappa shape index (κ2) is 8.58. The van der Waals surface area contributed by atoms with Crippen molar-refractivity contribution in [2.24, 2.45) is 0 Å². The third-order valence-corrected chi connectivity index (χ3v) is 4.69. The molecule has 2 aromatic carbocycles. The standard InChI is InChI=1S/C21H24N2O4/c1-2-13-23(16-12-14-22(15-16)21(25)26)20(24)18-10-6-7-11-19(18)27-17-8-4-3-5-9-17/h3-11,16H,2,12-15H2,1H3,(H,25,26)/t16-/m0/s1. The van der Waals surface area contributed by atoms with Crippen LogP contribution in [-0.2, 0) is 0 Å². The number of rotatable bonds is 6. The van der Waals surface area contributed by atoms with Crippen molar-refractivity contribution in [3.8, 4) is 11.5 Å². The molecule has 27 heavy (non-hydrogen) atoms. The summed E-state index contributed by atoms with van der Waals surface area (Å²) in [6.07, 6.45) is 0.519. The van der Waals surface area contributed by atoms with E-state index in [1.807, 2.05) is 49.4 Å². The molecule has 6 heteroatoms. The van der Waals surface area contributed by atoms with Crippen LogP contribution in [0, 0.1) is 0 Å². The smallest absolute Gasteiger partial charge is 0.407 e. The number of hydrogen-bond acceptors (Lipinski definition) is 3. The highest BCUT2D eigenvalue weighted by atomic mass is 16.5. The van der Waals surface area contributed by atoms with Gasteiger partial charge in [-0.2, -0.15) is 0 Å². The lowest BCUT2D eigenvalue weighted by molar-refractivity contribution is 0.0677. The summed E-state index contributed by atoms with van der Waals surface area (Å²) in [5.41, 5.74) is 0.489. The summed E-state index contributed by atoms with van der Waals surface area (Å²) in [7, 11) is 0. The Bertz CT molecular complexity index is 794. The van der Waals surface area contributed by atoms with E-state index >= 15 is 0 Å². The van der Waals surface area contributed by atoms with Crippen LogP contribution in [0.25, 0.3) is 0 Å². The van der Waals surface area contributed by atoms with E-state index in [9.17, 15) is 14.7 Å². The Morgan fingerprint density at radius 1 is 1.15 bits per heavy atom. The Labute approximate surface area is 159 Å².